The zero-order valence-corrected chi connectivity index (χ0v) is 9.19. The van der Waals surface area contributed by atoms with Crippen molar-refractivity contribution in [2.24, 2.45) is 0 Å². The van der Waals surface area contributed by atoms with Gasteiger partial charge in [0, 0.05) is 0 Å². The fraction of sp³-hybridized carbons (Fsp3) is 0.833. The molecule has 0 fully saturated rings. The van der Waals surface area contributed by atoms with Crippen LogP contribution in [0.4, 0.5) is 0 Å². The van der Waals surface area contributed by atoms with E-state index in [1.165, 1.54) is 5.48 Å². The fourth-order valence-corrected chi connectivity index (χ4v) is 1.08. The van der Waals surface area contributed by atoms with E-state index in [9.17, 15) is 23.4 Å². The number of hydrogen-bond acceptors (Lipinski definition) is 9. The van der Waals surface area contributed by atoms with Gasteiger partial charge in [0.25, 0.3) is 0 Å². The van der Waals surface area contributed by atoms with E-state index in [1.807, 2.05) is 0 Å². The number of carbonyl (C=O) groups excluding carboxylic acids is 1. The average Bonchev–Trinajstić information content (AvgIpc) is 2.25. The van der Waals surface area contributed by atoms with E-state index in [0.717, 1.165) is 0 Å². The second kappa shape index (κ2) is 6.93. The number of aliphatic hydroxyl groups is 4. The van der Waals surface area contributed by atoms with Crippen molar-refractivity contribution in [3.05, 3.63) is 0 Å². The summed E-state index contributed by atoms with van der Waals surface area (Å²) in [7, 11) is -4.89. The van der Waals surface area contributed by atoms with Crippen molar-refractivity contribution >= 4 is 16.7 Å². The molecule has 0 rings (SSSR count). The van der Waals surface area contributed by atoms with Crippen LogP contribution in [0.3, 0.4) is 0 Å². The minimum atomic E-state index is -4.89. The van der Waals surface area contributed by atoms with Crippen molar-refractivity contribution in [3.63, 3.8) is 0 Å². The molecule has 0 radical (unpaired) electrons. The average molecular weight is 275 g/mol. The van der Waals surface area contributed by atoms with Crippen LogP contribution in [-0.4, -0.2) is 70.6 Å². The molecule has 10 nitrogen and oxygen atoms in total. The van der Waals surface area contributed by atoms with E-state index in [4.69, 9.17) is 14.8 Å². The summed E-state index contributed by atoms with van der Waals surface area (Å²) in [6.07, 6.45) is -5.65. The van der Waals surface area contributed by atoms with Crippen molar-refractivity contribution in [2.75, 3.05) is 6.61 Å². The lowest BCUT2D eigenvalue weighted by Crippen LogP contribution is -2.52. The van der Waals surface area contributed by atoms with Crippen LogP contribution in [0.5, 0.6) is 0 Å². The topological polar surface area (TPSA) is 174 Å². The number of hydrogen-bond donors (Lipinski definition) is 6. The monoisotopic (exact) mass is 275 g/mol. The number of aldehydes is 1. The van der Waals surface area contributed by atoms with Crippen LogP contribution < -0.4 is 5.48 Å². The fourth-order valence-electron chi connectivity index (χ4n) is 0.842. The molecule has 0 bridgehead atoms. The Morgan fingerprint density at radius 2 is 1.76 bits per heavy atom. The SMILES string of the molecule is O=C[C@H](NOS(=O)(=O)O)[C@@H](O)[C@H](O)[C@H](O)CO. The number of carbonyl (C=O) groups is 1. The Labute approximate surface area is 96.4 Å². The Bertz CT molecular complexity index is 330. The molecule has 4 atom stereocenters. The van der Waals surface area contributed by atoms with Crippen LogP contribution in [0.1, 0.15) is 0 Å². The first-order valence-corrected chi connectivity index (χ1v) is 5.61. The van der Waals surface area contributed by atoms with Crippen molar-refractivity contribution in [1.82, 2.24) is 5.48 Å². The Kier molecular flexibility index (Phi) is 6.66. The third kappa shape index (κ3) is 5.99. The van der Waals surface area contributed by atoms with Gasteiger partial charge < -0.3 is 25.2 Å². The van der Waals surface area contributed by atoms with E-state index in [2.05, 4.69) is 4.28 Å². The first kappa shape index (κ1) is 16.3. The molecule has 0 aromatic heterocycles. The highest BCUT2D eigenvalue weighted by atomic mass is 32.3. The summed E-state index contributed by atoms with van der Waals surface area (Å²) in [5.74, 6) is 0. The van der Waals surface area contributed by atoms with Gasteiger partial charge in [-0.2, -0.15) is 18.2 Å². The lowest BCUT2D eigenvalue weighted by atomic mass is 10.0. The van der Waals surface area contributed by atoms with Gasteiger partial charge in [-0.1, -0.05) is 0 Å². The lowest BCUT2D eigenvalue weighted by molar-refractivity contribution is -0.125. The molecule has 102 valence electrons. The Balaban J connectivity index is 4.50. The molecule has 0 amide bonds. The highest BCUT2D eigenvalue weighted by Crippen LogP contribution is 2.04. The molecule has 0 saturated heterocycles. The maximum absolute atomic E-state index is 10.4. The molecule has 0 aromatic carbocycles. The normalized spacial score (nSPS) is 19.4. The summed E-state index contributed by atoms with van der Waals surface area (Å²) in [5, 5.41) is 35.9. The first-order chi connectivity index (χ1) is 7.72. The predicted octanol–water partition coefficient (Wildman–Crippen LogP) is -4.05. The number of hydroxylamine groups is 1. The van der Waals surface area contributed by atoms with Crippen LogP contribution in [0, 0.1) is 0 Å². The summed E-state index contributed by atoms with van der Waals surface area (Å²) in [6.45, 7) is -0.886. The number of nitrogens with one attached hydrogen (secondary N) is 1. The highest BCUT2D eigenvalue weighted by Gasteiger charge is 2.31. The van der Waals surface area contributed by atoms with E-state index in [1.54, 1.807) is 0 Å². The maximum atomic E-state index is 10.4. The van der Waals surface area contributed by atoms with Gasteiger partial charge in [-0.05, 0) is 0 Å². The smallest absolute Gasteiger partial charge is 0.394 e. The third-order valence-corrected chi connectivity index (χ3v) is 2.04. The molecule has 0 aliphatic heterocycles. The van der Waals surface area contributed by atoms with E-state index in [0.29, 0.717) is 0 Å². The Morgan fingerprint density at radius 3 is 2.12 bits per heavy atom. The lowest BCUT2D eigenvalue weighted by Gasteiger charge is -2.25. The molecule has 6 N–H and O–H groups in total. The molecular weight excluding hydrogens is 262 g/mol. The molecule has 0 unspecified atom stereocenters. The minimum Gasteiger partial charge on any atom is -0.394 e. The van der Waals surface area contributed by atoms with Crippen molar-refractivity contribution < 1.29 is 42.5 Å². The summed E-state index contributed by atoms with van der Waals surface area (Å²) in [4.78, 5) is 10.4. The van der Waals surface area contributed by atoms with Gasteiger partial charge in [0.15, 0.2) is 0 Å². The van der Waals surface area contributed by atoms with Crippen LogP contribution >= 0.6 is 0 Å². The highest BCUT2D eigenvalue weighted by molar-refractivity contribution is 7.80. The van der Waals surface area contributed by atoms with Gasteiger partial charge in [0.2, 0.25) is 0 Å². The quantitative estimate of drug-likeness (QED) is 0.145. The van der Waals surface area contributed by atoms with Crippen LogP contribution in [-0.2, 0) is 19.5 Å². The summed E-state index contributed by atoms with van der Waals surface area (Å²) >= 11 is 0. The largest absolute Gasteiger partial charge is 0.413 e. The zero-order chi connectivity index (χ0) is 13.6. The number of aliphatic hydroxyl groups excluding tert-OH is 4. The van der Waals surface area contributed by atoms with E-state index in [-0.39, 0.29) is 6.29 Å². The predicted molar refractivity (Wildman–Crippen MR) is 50.7 cm³/mol. The first-order valence-electron chi connectivity index (χ1n) is 4.24. The van der Waals surface area contributed by atoms with Crippen molar-refractivity contribution in [3.8, 4) is 0 Å². The second-order valence-corrected chi connectivity index (χ2v) is 4.04. The number of rotatable bonds is 8. The van der Waals surface area contributed by atoms with Crippen LogP contribution in [0.15, 0.2) is 0 Å². The Hall–Kier alpha value is -0.660. The molecule has 0 aliphatic carbocycles. The molecule has 0 aliphatic rings. The van der Waals surface area contributed by atoms with E-state index < -0.39 is 41.4 Å². The molecule has 0 spiro atoms. The van der Waals surface area contributed by atoms with Gasteiger partial charge in [0.05, 0.1) is 6.61 Å². The molecule has 17 heavy (non-hydrogen) atoms. The maximum Gasteiger partial charge on any atom is 0.413 e. The van der Waals surface area contributed by atoms with Crippen molar-refractivity contribution in [1.29, 1.82) is 0 Å². The van der Waals surface area contributed by atoms with Gasteiger partial charge in [0.1, 0.15) is 30.6 Å². The summed E-state index contributed by atoms with van der Waals surface area (Å²) in [6, 6.07) is -1.74. The molecule has 0 saturated carbocycles. The molecular formula is C6H13NO9S. The van der Waals surface area contributed by atoms with Crippen molar-refractivity contribution in [2.45, 2.75) is 24.4 Å². The zero-order valence-electron chi connectivity index (χ0n) is 8.37. The molecule has 0 heterocycles. The van der Waals surface area contributed by atoms with Crippen LogP contribution in [0.2, 0.25) is 0 Å². The third-order valence-electron chi connectivity index (χ3n) is 1.74. The van der Waals surface area contributed by atoms with Gasteiger partial charge in [-0.3, -0.25) is 4.55 Å². The Morgan fingerprint density at radius 1 is 1.24 bits per heavy atom. The second-order valence-electron chi connectivity index (χ2n) is 3.02. The molecule has 11 heteroatoms. The summed E-state index contributed by atoms with van der Waals surface area (Å²) < 4.78 is 32.1. The van der Waals surface area contributed by atoms with Gasteiger partial charge in [-0.15, -0.1) is 0 Å². The minimum absolute atomic E-state index is 0.0246. The standard InChI is InChI=1S/C6H13NO9S/c8-1-3(7-16-17(13,14)15)5(11)6(12)4(10)2-9/h1,3-7,9-12H,2H2,(H,13,14,15)/t3-,4+,5+,6+/m0/s1. The summed E-state index contributed by atoms with van der Waals surface area (Å²) in [5.41, 5.74) is 1.46. The molecule has 0 aromatic rings. The van der Waals surface area contributed by atoms with Gasteiger partial charge >= 0.3 is 10.4 Å². The van der Waals surface area contributed by atoms with Crippen LogP contribution in [0.25, 0.3) is 0 Å². The van der Waals surface area contributed by atoms with E-state index >= 15 is 0 Å². The van der Waals surface area contributed by atoms with Gasteiger partial charge in [-0.25, -0.2) is 0 Å².